The quantitative estimate of drug-likeness (QED) is 0.731. The maximum absolute atomic E-state index is 13.0. The molecule has 1 aromatic rings. The molecule has 0 saturated heterocycles. The van der Waals surface area contributed by atoms with Crippen molar-refractivity contribution in [1.82, 2.24) is 0 Å². The fraction of sp³-hybridized carbons (Fsp3) is 0.615. The van der Waals surface area contributed by atoms with E-state index < -0.39 is 11.4 Å². The Morgan fingerprint density at radius 2 is 1.90 bits per heavy atom. The third-order valence-electron chi connectivity index (χ3n) is 9.33. The molecule has 0 bridgehead atoms. The van der Waals surface area contributed by atoms with E-state index in [2.05, 4.69) is 12.2 Å². The molecule has 0 radical (unpaired) electrons. The molecule has 1 heterocycles. The first-order chi connectivity index (χ1) is 14.3. The summed E-state index contributed by atoms with van der Waals surface area (Å²) >= 11 is 0. The summed E-state index contributed by atoms with van der Waals surface area (Å²) in [6.07, 6.45) is 11.0. The lowest BCUT2D eigenvalue weighted by Gasteiger charge is -2.60. The van der Waals surface area contributed by atoms with Crippen LogP contribution in [0, 0.1) is 34.5 Å². The van der Waals surface area contributed by atoms with Crippen molar-refractivity contribution in [2.75, 3.05) is 5.32 Å². The second kappa shape index (κ2) is 6.96. The first kappa shape index (κ1) is 19.8. The van der Waals surface area contributed by atoms with Crippen molar-refractivity contribution < 1.29 is 14.7 Å². The molecule has 0 spiro atoms. The van der Waals surface area contributed by atoms with Crippen molar-refractivity contribution >= 4 is 17.4 Å². The summed E-state index contributed by atoms with van der Waals surface area (Å²) < 4.78 is 0. The molecule has 160 valence electrons. The normalized spacial score (nSPS) is 41.5. The monoisotopic (exact) mass is 406 g/mol. The highest BCUT2D eigenvalue weighted by Crippen LogP contribution is 2.63. The molecule has 4 heteroatoms. The van der Waals surface area contributed by atoms with Gasteiger partial charge in [0.15, 0.2) is 0 Å². The van der Waals surface area contributed by atoms with Gasteiger partial charge < -0.3 is 15.2 Å². The number of fused-ring (bicyclic) bond motifs is 4. The predicted molar refractivity (Wildman–Crippen MR) is 115 cm³/mol. The Hall–Kier alpha value is -2.10. The molecule has 0 aromatic heterocycles. The van der Waals surface area contributed by atoms with Crippen LogP contribution in [-0.2, 0) is 4.79 Å². The summed E-state index contributed by atoms with van der Waals surface area (Å²) in [5, 5.41) is 15.6. The number of carboxylic acid groups (broad SMARTS) is 1. The van der Waals surface area contributed by atoms with Crippen LogP contribution in [-0.4, -0.2) is 11.8 Å². The number of aliphatic carboxylic acids is 1. The van der Waals surface area contributed by atoms with E-state index in [4.69, 9.17) is 0 Å². The van der Waals surface area contributed by atoms with Crippen LogP contribution >= 0.6 is 0 Å². The van der Waals surface area contributed by atoms with Crippen LogP contribution in [0.4, 0.5) is 5.69 Å². The second-order valence-corrected chi connectivity index (χ2v) is 10.6. The van der Waals surface area contributed by atoms with Crippen molar-refractivity contribution in [1.29, 1.82) is 0 Å². The van der Waals surface area contributed by atoms with Crippen molar-refractivity contribution in [3.63, 3.8) is 0 Å². The zero-order valence-corrected chi connectivity index (χ0v) is 18.1. The Morgan fingerprint density at radius 3 is 2.67 bits per heavy atom. The maximum Gasteiger partial charge on any atom is 0.210 e. The number of allylic oxidation sites excluding steroid dienone is 2. The van der Waals surface area contributed by atoms with Gasteiger partial charge in [-0.25, -0.2) is 0 Å². The number of hydrogen-bond acceptors (Lipinski definition) is 4. The van der Waals surface area contributed by atoms with Gasteiger partial charge in [0, 0.05) is 22.6 Å². The van der Waals surface area contributed by atoms with Crippen molar-refractivity contribution in [3.8, 4) is 0 Å². The molecule has 4 aliphatic rings. The summed E-state index contributed by atoms with van der Waals surface area (Å²) in [5.74, 6) is 0.425. The van der Waals surface area contributed by atoms with Crippen LogP contribution in [0.5, 0.6) is 0 Å². The fourth-order valence-corrected chi connectivity index (χ4v) is 7.52. The number of hydrogen-bond donors (Lipinski definition) is 1. The second-order valence-electron chi connectivity index (χ2n) is 10.6. The van der Waals surface area contributed by atoms with E-state index in [1.54, 1.807) is 0 Å². The fourth-order valence-electron chi connectivity index (χ4n) is 7.52. The molecule has 1 N–H and O–H groups in total. The van der Waals surface area contributed by atoms with Gasteiger partial charge in [0.25, 0.3) is 0 Å². The van der Waals surface area contributed by atoms with Crippen LogP contribution in [0.2, 0.25) is 0 Å². The van der Waals surface area contributed by atoms with Gasteiger partial charge in [-0.3, -0.25) is 4.79 Å². The van der Waals surface area contributed by atoms with Gasteiger partial charge in [-0.1, -0.05) is 44.9 Å². The van der Waals surface area contributed by atoms with Crippen LogP contribution in [0.15, 0.2) is 36.0 Å². The number of Topliss-reactive ketones (excluding diaryl/α,β-unsaturated/α-hetero) is 1. The third-order valence-corrected chi connectivity index (χ3v) is 9.33. The van der Waals surface area contributed by atoms with Crippen LogP contribution in [0.25, 0.3) is 0 Å². The number of carbonyl (C=O) groups excluding carboxylic acids is 2. The molecule has 6 unspecified atom stereocenters. The minimum absolute atomic E-state index is 0.0222. The highest BCUT2D eigenvalue weighted by atomic mass is 16.4. The Bertz CT molecular complexity index is 921. The molecule has 5 rings (SSSR count). The number of benzene rings is 1. The number of nitrogens with one attached hydrogen (secondary N) is 1. The lowest BCUT2D eigenvalue weighted by atomic mass is 9.45. The average Bonchev–Trinajstić information content (AvgIpc) is 3.05. The molecule has 0 amide bonds. The zero-order valence-electron chi connectivity index (χ0n) is 18.1. The molecule has 4 nitrogen and oxygen atoms in total. The van der Waals surface area contributed by atoms with E-state index in [-0.39, 0.29) is 11.7 Å². The lowest BCUT2D eigenvalue weighted by Crippen LogP contribution is -2.57. The summed E-state index contributed by atoms with van der Waals surface area (Å²) in [4.78, 5) is 25.4. The molecule has 1 aromatic carbocycles. The molecule has 6 atom stereocenters. The highest BCUT2D eigenvalue weighted by molar-refractivity contribution is 6.18. The van der Waals surface area contributed by atoms with Gasteiger partial charge in [-0.2, -0.15) is 0 Å². The van der Waals surface area contributed by atoms with Gasteiger partial charge >= 0.3 is 0 Å². The Kier molecular flexibility index (Phi) is 4.61. The van der Waals surface area contributed by atoms with Crippen molar-refractivity contribution in [2.45, 2.75) is 65.2 Å². The molecular weight excluding hydrogens is 374 g/mol. The number of carboxylic acids is 1. The van der Waals surface area contributed by atoms with Crippen molar-refractivity contribution in [2.24, 2.45) is 34.5 Å². The van der Waals surface area contributed by atoms with E-state index in [0.29, 0.717) is 34.9 Å². The first-order valence-electron chi connectivity index (χ1n) is 11.7. The zero-order chi connectivity index (χ0) is 21.1. The largest absolute Gasteiger partial charge is 0.550 e. The van der Waals surface area contributed by atoms with Crippen LogP contribution < -0.4 is 10.4 Å². The molecule has 3 fully saturated rings. The minimum atomic E-state index is -0.971. The van der Waals surface area contributed by atoms with Gasteiger partial charge in [-0.05, 0) is 79.7 Å². The van der Waals surface area contributed by atoms with Gasteiger partial charge in [0.1, 0.15) is 0 Å². The predicted octanol–water partition coefficient (Wildman–Crippen LogP) is 4.57. The summed E-state index contributed by atoms with van der Waals surface area (Å²) in [7, 11) is 0. The highest BCUT2D eigenvalue weighted by Gasteiger charge is 2.56. The minimum Gasteiger partial charge on any atom is -0.550 e. The first-order valence-corrected chi connectivity index (χ1v) is 11.7. The third kappa shape index (κ3) is 2.79. The molecule has 3 saturated carbocycles. The van der Waals surface area contributed by atoms with Gasteiger partial charge in [0.05, 0.1) is 5.70 Å². The summed E-state index contributed by atoms with van der Waals surface area (Å²) in [6, 6.07) is 7.52. The Morgan fingerprint density at radius 1 is 1.10 bits per heavy atom. The number of ketones is 1. The van der Waals surface area contributed by atoms with E-state index in [1.807, 2.05) is 37.3 Å². The van der Waals surface area contributed by atoms with E-state index >= 15 is 0 Å². The molecule has 3 aliphatic carbocycles. The number of para-hydroxylation sites is 1. The molecule has 1 aliphatic heterocycles. The van der Waals surface area contributed by atoms with Crippen molar-refractivity contribution in [3.05, 3.63) is 41.6 Å². The van der Waals surface area contributed by atoms with Crippen LogP contribution in [0.1, 0.15) is 75.6 Å². The van der Waals surface area contributed by atoms with E-state index in [9.17, 15) is 14.7 Å². The molecule has 30 heavy (non-hydrogen) atoms. The lowest BCUT2D eigenvalue weighted by molar-refractivity contribution is -0.324. The Balaban J connectivity index is 1.54. The Labute approximate surface area is 179 Å². The summed E-state index contributed by atoms with van der Waals surface area (Å²) in [5.41, 5.74) is 1.42. The smallest absolute Gasteiger partial charge is 0.210 e. The average molecular weight is 407 g/mol. The standard InChI is InChI=1S/C26H33NO3/c1-25-13-6-5-7-16(25)10-11-17-19(25)12-14-26(2,24(29)30)20(17)15-22-23(28)18-8-3-4-9-21(18)27-22/h3-4,8-9,15-17,19-20,27H,5-7,10-14H2,1-2H3,(H,29,30)/p-1. The maximum atomic E-state index is 13.0. The topological polar surface area (TPSA) is 69.2 Å². The number of rotatable bonds is 2. The number of anilines is 1. The molecular formula is C26H32NO3-. The summed E-state index contributed by atoms with van der Waals surface area (Å²) in [6.45, 7) is 4.32. The number of carbonyl (C=O) groups is 2. The van der Waals surface area contributed by atoms with E-state index in [1.165, 1.54) is 32.1 Å². The van der Waals surface area contributed by atoms with Gasteiger partial charge in [-0.15, -0.1) is 0 Å². The van der Waals surface area contributed by atoms with Crippen LogP contribution in [0.3, 0.4) is 0 Å². The van der Waals surface area contributed by atoms with Gasteiger partial charge in [0.2, 0.25) is 5.78 Å². The SMILES string of the molecule is CC1(C(=O)[O-])CCC2C(CCC3CCCCC32C)C1C=C1Nc2ccccc2C1=O. The van der Waals surface area contributed by atoms with E-state index in [0.717, 1.165) is 24.4 Å².